The normalized spacial score (nSPS) is 18.7. The summed E-state index contributed by atoms with van der Waals surface area (Å²) in [5.74, 6) is 0.687. The summed E-state index contributed by atoms with van der Waals surface area (Å²) in [5.41, 5.74) is 0.582. The molecule has 0 aromatic heterocycles. The van der Waals surface area contributed by atoms with E-state index in [-0.39, 0.29) is 36.6 Å². The van der Waals surface area contributed by atoms with Gasteiger partial charge in [0.25, 0.3) is 0 Å². The summed E-state index contributed by atoms with van der Waals surface area (Å²) in [6, 6.07) is 3.39. The molecule has 170 valence electrons. The summed E-state index contributed by atoms with van der Waals surface area (Å²) >= 11 is 0. The lowest BCUT2D eigenvalue weighted by Crippen LogP contribution is -2.39. The van der Waals surface area contributed by atoms with Gasteiger partial charge in [-0.15, -0.1) is 0 Å². The zero-order valence-electron chi connectivity index (χ0n) is 18.4. The third-order valence-electron chi connectivity index (χ3n) is 5.91. The molecule has 1 saturated heterocycles. The lowest BCUT2D eigenvalue weighted by atomic mass is 10.1. The highest BCUT2D eigenvalue weighted by Crippen LogP contribution is 2.42. The fraction of sp³-hybridized carbons (Fsp3) is 0.591. The van der Waals surface area contributed by atoms with Gasteiger partial charge in [0.05, 0.1) is 32.9 Å². The van der Waals surface area contributed by atoms with E-state index in [1.54, 1.807) is 17.0 Å². The van der Waals surface area contributed by atoms with E-state index in [1.807, 2.05) is 0 Å². The first-order chi connectivity index (χ1) is 15.0. The number of methoxy groups -OCH3 is 3. The van der Waals surface area contributed by atoms with Gasteiger partial charge in [-0.05, 0) is 12.8 Å². The molecule has 1 saturated carbocycles. The average molecular weight is 434 g/mol. The molecule has 2 fully saturated rings. The van der Waals surface area contributed by atoms with E-state index in [0.29, 0.717) is 36.0 Å². The molecule has 0 spiro atoms. The molecule has 0 radical (unpaired) electrons. The standard InChI is InChI=1S/C22H31N3O6/c1-29-17-11-16(12-18(30-2)20(17)31-3)25-13-15(10-19(25)26)22(28)24-9-8-23-21(27)14-6-4-5-7-14/h11-12,14-15H,4-10,13H2,1-3H3,(H,23,27)(H,24,28). The molecular weight excluding hydrogens is 402 g/mol. The van der Waals surface area contributed by atoms with E-state index in [9.17, 15) is 14.4 Å². The minimum Gasteiger partial charge on any atom is -0.493 e. The van der Waals surface area contributed by atoms with Crippen molar-refractivity contribution in [2.75, 3.05) is 45.9 Å². The van der Waals surface area contributed by atoms with Gasteiger partial charge < -0.3 is 29.7 Å². The van der Waals surface area contributed by atoms with Crippen molar-refractivity contribution in [2.24, 2.45) is 11.8 Å². The van der Waals surface area contributed by atoms with Crippen molar-refractivity contribution in [3.63, 3.8) is 0 Å². The van der Waals surface area contributed by atoms with Gasteiger partial charge in [0.2, 0.25) is 23.5 Å². The lowest BCUT2D eigenvalue weighted by molar-refractivity contribution is -0.127. The molecule has 0 bridgehead atoms. The van der Waals surface area contributed by atoms with Crippen molar-refractivity contribution in [3.8, 4) is 17.2 Å². The topological polar surface area (TPSA) is 106 Å². The van der Waals surface area contributed by atoms with Crippen LogP contribution in [-0.2, 0) is 14.4 Å². The van der Waals surface area contributed by atoms with Crippen LogP contribution in [0.5, 0.6) is 17.2 Å². The largest absolute Gasteiger partial charge is 0.493 e. The third kappa shape index (κ3) is 5.21. The van der Waals surface area contributed by atoms with Crippen LogP contribution in [0.25, 0.3) is 0 Å². The van der Waals surface area contributed by atoms with Gasteiger partial charge in [0.15, 0.2) is 11.5 Å². The average Bonchev–Trinajstić information content (AvgIpc) is 3.45. The van der Waals surface area contributed by atoms with Gasteiger partial charge in [-0.1, -0.05) is 12.8 Å². The molecule has 1 heterocycles. The van der Waals surface area contributed by atoms with Gasteiger partial charge in [-0.25, -0.2) is 0 Å². The van der Waals surface area contributed by atoms with Crippen LogP contribution in [0.15, 0.2) is 12.1 Å². The van der Waals surface area contributed by atoms with Crippen molar-refractivity contribution in [1.82, 2.24) is 10.6 Å². The third-order valence-corrected chi connectivity index (χ3v) is 5.91. The van der Waals surface area contributed by atoms with Gasteiger partial charge in [0, 0.05) is 44.1 Å². The number of nitrogens with one attached hydrogen (secondary N) is 2. The number of nitrogens with zero attached hydrogens (tertiary/aromatic N) is 1. The molecular formula is C22H31N3O6. The predicted octanol–water partition coefficient (Wildman–Crippen LogP) is 1.49. The van der Waals surface area contributed by atoms with E-state index in [2.05, 4.69) is 10.6 Å². The monoisotopic (exact) mass is 433 g/mol. The smallest absolute Gasteiger partial charge is 0.227 e. The minimum absolute atomic E-state index is 0.0661. The summed E-state index contributed by atoms with van der Waals surface area (Å²) in [4.78, 5) is 38.7. The molecule has 1 atom stereocenters. The lowest BCUT2D eigenvalue weighted by Gasteiger charge is -2.20. The Morgan fingerprint density at radius 2 is 1.48 bits per heavy atom. The molecule has 1 aromatic carbocycles. The molecule has 3 amide bonds. The molecule has 9 nitrogen and oxygen atoms in total. The first-order valence-corrected chi connectivity index (χ1v) is 10.6. The van der Waals surface area contributed by atoms with Crippen molar-refractivity contribution in [2.45, 2.75) is 32.1 Å². The van der Waals surface area contributed by atoms with Gasteiger partial charge in [-0.2, -0.15) is 0 Å². The van der Waals surface area contributed by atoms with Crippen molar-refractivity contribution in [1.29, 1.82) is 0 Å². The van der Waals surface area contributed by atoms with Crippen LogP contribution < -0.4 is 29.7 Å². The Balaban J connectivity index is 1.54. The number of anilines is 1. The first-order valence-electron chi connectivity index (χ1n) is 10.6. The Morgan fingerprint density at radius 3 is 2.00 bits per heavy atom. The zero-order chi connectivity index (χ0) is 22.4. The van der Waals surface area contributed by atoms with Crippen molar-refractivity contribution in [3.05, 3.63) is 12.1 Å². The second-order valence-electron chi connectivity index (χ2n) is 7.85. The van der Waals surface area contributed by atoms with Crippen LogP contribution in [-0.4, -0.2) is 58.7 Å². The number of amides is 3. The fourth-order valence-electron chi connectivity index (χ4n) is 4.20. The van der Waals surface area contributed by atoms with E-state index < -0.39 is 5.92 Å². The van der Waals surface area contributed by atoms with Crippen LogP contribution in [0.2, 0.25) is 0 Å². The SMILES string of the molecule is COc1cc(N2CC(C(=O)NCCNC(=O)C3CCCC3)CC2=O)cc(OC)c1OC. The van der Waals surface area contributed by atoms with Crippen LogP contribution in [0, 0.1) is 11.8 Å². The maximum absolute atomic E-state index is 12.6. The molecule has 2 N–H and O–H groups in total. The summed E-state index contributed by atoms with van der Waals surface area (Å²) in [5, 5.41) is 5.70. The number of hydrogen-bond acceptors (Lipinski definition) is 6. The van der Waals surface area contributed by atoms with Gasteiger partial charge in [-0.3, -0.25) is 14.4 Å². The second kappa shape index (κ2) is 10.4. The number of hydrogen-bond donors (Lipinski definition) is 2. The summed E-state index contributed by atoms with van der Waals surface area (Å²) in [6.07, 6.45) is 4.22. The van der Waals surface area contributed by atoms with E-state index >= 15 is 0 Å². The Morgan fingerprint density at radius 1 is 0.935 bits per heavy atom. The van der Waals surface area contributed by atoms with Gasteiger partial charge >= 0.3 is 0 Å². The highest BCUT2D eigenvalue weighted by atomic mass is 16.5. The van der Waals surface area contributed by atoms with E-state index in [4.69, 9.17) is 14.2 Å². The molecule has 1 aliphatic heterocycles. The van der Waals surface area contributed by atoms with E-state index in [1.165, 1.54) is 21.3 Å². The fourth-order valence-corrected chi connectivity index (χ4v) is 4.20. The molecule has 1 unspecified atom stereocenters. The molecule has 2 aliphatic rings. The zero-order valence-corrected chi connectivity index (χ0v) is 18.4. The highest BCUT2D eigenvalue weighted by molar-refractivity contribution is 6.00. The number of carbonyl (C=O) groups is 3. The quantitative estimate of drug-likeness (QED) is 0.572. The number of rotatable bonds is 9. The van der Waals surface area contributed by atoms with Crippen LogP contribution >= 0.6 is 0 Å². The molecule has 1 aliphatic carbocycles. The Kier molecular flexibility index (Phi) is 7.59. The van der Waals surface area contributed by atoms with Crippen molar-refractivity contribution < 1.29 is 28.6 Å². The Labute approximate surface area is 182 Å². The van der Waals surface area contributed by atoms with Crippen molar-refractivity contribution >= 4 is 23.4 Å². The Bertz CT molecular complexity index is 796. The van der Waals surface area contributed by atoms with Crippen LogP contribution in [0.1, 0.15) is 32.1 Å². The number of carbonyl (C=O) groups excluding carboxylic acids is 3. The maximum Gasteiger partial charge on any atom is 0.227 e. The number of benzene rings is 1. The summed E-state index contributed by atoms with van der Waals surface area (Å²) in [7, 11) is 4.53. The number of ether oxygens (including phenoxy) is 3. The van der Waals surface area contributed by atoms with Crippen LogP contribution in [0.4, 0.5) is 5.69 Å². The first kappa shape index (κ1) is 22.7. The Hall–Kier alpha value is -2.97. The van der Waals surface area contributed by atoms with Gasteiger partial charge in [0.1, 0.15) is 0 Å². The second-order valence-corrected chi connectivity index (χ2v) is 7.85. The van der Waals surface area contributed by atoms with E-state index in [0.717, 1.165) is 25.7 Å². The van der Waals surface area contributed by atoms with Crippen LogP contribution in [0.3, 0.4) is 0 Å². The minimum atomic E-state index is -0.461. The summed E-state index contributed by atoms with van der Waals surface area (Å²) in [6.45, 7) is 0.988. The predicted molar refractivity (Wildman–Crippen MR) is 115 cm³/mol. The molecule has 1 aromatic rings. The summed E-state index contributed by atoms with van der Waals surface area (Å²) < 4.78 is 16.0. The molecule has 3 rings (SSSR count). The molecule has 9 heteroatoms. The molecule has 31 heavy (non-hydrogen) atoms. The maximum atomic E-state index is 12.6. The highest BCUT2D eigenvalue weighted by Gasteiger charge is 2.36.